The first-order valence-corrected chi connectivity index (χ1v) is 14.3. The van der Waals surface area contributed by atoms with Crippen molar-refractivity contribution in [2.24, 2.45) is 0 Å². The van der Waals surface area contributed by atoms with Crippen molar-refractivity contribution in [3.05, 3.63) is 154 Å². The Kier molecular flexibility index (Phi) is 12.9. The summed E-state index contributed by atoms with van der Waals surface area (Å²) in [4.78, 5) is 0. The molecule has 0 spiro atoms. The molecule has 42 heavy (non-hydrogen) atoms. The summed E-state index contributed by atoms with van der Waals surface area (Å²) in [7, 11) is 0. The Morgan fingerprint density at radius 1 is 0.619 bits per heavy atom. The van der Waals surface area contributed by atoms with Crippen LogP contribution in [0, 0.1) is 6.08 Å². The molecule has 0 aromatic heterocycles. The van der Waals surface area contributed by atoms with Gasteiger partial charge in [-0.05, 0) is 61.8 Å². The van der Waals surface area contributed by atoms with Gasteiger partial charge in [-0.25, -0.2) is 11.6 Å². The Morgan fingerprint density at radius 2 is 1.05 bits per heavy atom. The molecule has 6 rings (SSSR count). The quantitative estimate of drug-likeness (QED) is 0.284. The van der Waals surface area contributed by atoms with Crippen LogP contribution >= 0.6 is 0 Å². The molecule has 2 aliphatic rings. The van der Waals surface area contributed by atoms with Crippen molar-refractivity contribution in [1.82, 2.24) is 0 Å². The summed E-state index contributed by atoms with van der Waals surface area (Å²) in [6.07, 6.45) is 10.1. The first-order valence-electron chi connectivity index (χ1n) is 14.3. The van der Waals surface area contributed by atoms with E-state index in [2.05, 4.69) is 157 Å². The van der Waals surface area contributed by atoms with E-state index in [1.807, 2.05) is 0 Å². The van der Waals surface area contributed by atoms with Crippen LogP contribution in [0.25, 0.3) is 11.1 Å². The SMILES string of the molecule is CC(C)(C)c1ccc2c(c1)C(C1=[C-]CC=C1)c1cc(C(C)(C)C)ccc1-2.[Cl-].[Cl-].[Zr+3].c1ccc(Cc2ccccc2)cc1. The van der Waals surface area contributed by atoms with Crippen LogP contribution in [0.3, 0.4) is 0 Å². The molecular formula is C39H41Cl2Zr. The van der Waals surface area contributed by atoms with E-state index in [4.69, 9.17) is 0 Å². The molecule has 2 aliphatic carbocycles. The predicted octanol–water partition coefficient (Wildman–Crippen LogP) is 4.37. The molecule has 0 atom stereocenters. The summed E-state index contributed by atoms with van der Waals surface area (Å²) in [5.74, 6) is 0.323. The van der Waals surface area contributed by atoms with E-state index in [-0.39, 0.29) is 61.8 Å². The minimum atomic E-state index is 0. The van der Waals surface area contributed by atoms with Gasteiger partial charge in [-0.1, -0.05) is 139 Å². The van der Waals surface area contributed by atoms with Crippen molar-refractivity contribution in [1.29, 1.82) is 0 Å². The summed E-state index contributed by atoms with van der Waals surface area (Å²) in [6, 6.07) is 35.2. The number of halogens is 2. The Hall–Kier alpha value is -2.18. The zero-order valence-corrected chi connectivity index (χ0v) is 29.6. The van der Waals surface area contributed by atoms with Crippen LogP contribution in [0.1, 0.15) is 87.3 Å². The molecule has 0 nitrogen and oxygen atoms in total. The number of allylic oxidation sites excluding steroid dienone is 4. The third kappa shape index (κ3) is 8.25. The zero-order valence-electron chi connectivity index (χ0n) is 25.6. The van der Waals surface area contributed by atoms with Gasteiger partial charge in [0, 0.05) is 5.92 Å². The van der Waals surface area contributed by atoms with E-state index in [9.17, 15) is 0 Å². The predicted molar refractivity (Wildman–Crippen MR) is 167 cm³/mol. The molecule has 0 saturated carbocycles. The standard InChI is InChI=1S/C26H29.C13H12.2ClH.Zr/c1-25(2,3)18-11-13-20-21-14-12-19(26(4,5)6)16-23(21)24(22(20)15-18)17-9-7-8-10-17;1-3-7-12(8-4-1)11-13-9-5-2-6-10-13;;;/h7,9,11-16,24H,8H2,1-6H3;1-10H,11H2;2*1H;/q-1;;;;+3/p-2. The minimum Gasteiger partial charge on any atom is -1.00 e. The topological polar surface area (TPSA) is 0 Å². The summed E-state index contributed by atoms with van der Waals surface area (Å²) < 4.78 is 0. The summed E-state index contributed by atoms with van der Waals surface area (Å²) in [5, 5.41) is 0. The Morgan fingerprint density at radius 3 is 1.40 bits per heavy atom. The molecule has 4 aromatic rings. The second-order valence-electron chi connectivity index (χ2n) is 12.9. The molecule has 215 valence electrons. The van der Waals surface area contributed by atoms with E-state index >= 15 is 0 Å². The fourth-order valence-electron chi connectivity index (χ4n) is 5.58. The van der Waals surface area contributed by atoms with Gasteiger partial charge in [0.2, 0.25) is 0 Å². The van der Waals surface area contributed by atoms with Gasteiger partial charge in [-0.15, -0.1) is 6.42 Å². The molecule has 0 aliphatic heterocycles. The molecule has 0 heterocycles. The second-order valence-corrected chi connectivity index (χ2v) is 12.9. The number of rotatable bonds is 3. The van der Waals surface area contributed by atoms with E-state index in [1.165, 1.54) is 50.1 Å². The molecule has 4 aromatic carbocycles. The molecule has 0 amide bonds. The molecule has 0 bridgehead atoms. The Balaban J connectivity index is 0.000000329. The fraction of sp³-hybridized carbons (Fsp3) is 0.282. The van der Waals surface area contributed by atoms with Crippen LogP contribution in [-0.2, 0) is 43.5 Å². The molecule has 3 heteroatoms. The third-order valence-electron chi connectivity index (χ3n) is 7.87. The number of benzene rings is 4. The molecule has 0 fully saturated rings. The van der Waals surface area contributed by atoms with E-state index in [1.54, 1.807) is 0 Å². The molecule has 0 unspecified atom stereocenters. The van der Waals surface area contributed by atoms with Gasteiger partial charge in [0.25, 0.3) is 0 Å². The summed E-state index contributed by atoms with van der Waals surface area (Å²) in [5.41, 5.74) is 12.9. The van der Waals surface area contributed by atoms with Crippen molar-refractivity contribution in [2.45, 2.75) is 71.1 Å². The van der Waals surface area contributed by atoms with Crippen LogP contribution in [0.5, 0.6) is 0 Å². The van der Waals surface area contributed by atoms with Gasteiger partial charge >= 0.3 is 26.2 Å². The average Bonchev–Trinajstić information content (AvgIpc) is 3.54. The van der Waals surface area contributed by atoms with Gasteiger partial charge < -0.3 is 24.8 Å². The minimum absolute atomic E-state index is 0. The van der Waals surface area contributed by atoms with Gasteiger partial charge in [0.1, 0.15) is 0 Å². The van der Waals surface area contributed by atoms with Crippen LogP contribution < -0.4 is 24.8 Å². The zero-order chi connectivity index (χ0) is 27.6. The normalized spacial score (nSPS) is 13.3. The van der Waals surface area contributed by atoms with Crippen LogP contribution in [0.2, 0.25) is 0 Å². The van der Waals surface area contributed by atoms with Crippen molar-refractivity contribution >= 4 is 0 Å². The summed E-state index contributed by atoms with van der Waals surface area (Å²) in [6.45, 7) is 13.8. The van der Waals surface area contributed by atoms with Crippen molar-refractivity contribution in [3.63, 3.8) is 0 Å². The molecular weight excluding hydrogens is 631 g/mol. The maximum Gasteiger partial charge on any atom is 3.00 e. The molecule has 0 saturated heterocycles. The second kappa shape index (κ2) is 15.0. The van der Waals surface area contributed by atoms with E-state index < -0.39 is 0 Å². The Labute approximate surface area is 285 Å². The maximum atomic E-state index is 3.60. The third-order valence-corrected chi connectivity index (χ3v) is 7.87. The molecule has 1 radical (unpaired) electrons. The molecule has 0 N–H and O–H groups in total. The van der Waals surface area contributed by atoms with Gasteiger partial charge in [0.15, 0.2) is 0 Å². The number of hydrogen-bond donors (Lipinski definition) is 0. The van der Waals surface area contributed by atoms with Crippen LogP contribution in [-0.4, -0.2) is 0 Å². The largest absolute Gasteiger partial charge is 3.00 e. The van der Waals surface area contributed by atoms with Crippen LogP contribution in [0.4, 0.5) is 0 Å². The van der Waals surface area contributed by atoms with Gasteiger partial charge in [0.05, 0.1) is 0 Å². The maximum absolute atomic E-state index is 3.60. The number of fused-ring (bicyclic) bond motifs is 3. The monoisotopic (exact) mass is 669 g/mol. The van der Waals surface area contributed by atoms with Crippen LogP contribution in [0.15, 0.2) is 115 Å². The Bertz CT molecular complexity index is 1400. The van der Waals surface area contributed by atoms with E-state index in [0.29, 0.717) is 5.92 Å². The smallest absolute Gasteiger partial charge is 1.00 e. The van der Waals surface area contributed by atoms with Gasteiger partial charge in [-0.2, -0.15) is 6.08 Å². The summed E-state index contributed by atoms with van der Waals surface area (Å²) >= 11 is 0. The van der Waals surface area contributed by atoms with Gasteiger partial charge in [-0.3, -0.25) is 6.08 Å². The van der Waals surface area contributed by atoms with E-state index in [0.717, 1.165) is 12.8 Å². The first-order chi connectivity index (χ1) is 18.6. The van der Waals surface area contributed by atoms with Crippen molar-refractivity contribution in [2.75, 3.05) is 0 Å². The fourth-order valence-corrected chi connectivity index (χ4v) is 5.58. The number of hydrogen-bond acceptors (Lipinski definition) is 0. The average molecular weight is 672 g/mol. The first kappa shape index (κ1) is 36.0. The van der Waals surface area contributed by atoms with Crippen molar-refractivity contribution < 1.29 is 51.0 Å². The van der Waals surface area contributed by atoms with Crippen molar-refractivity contribution in [3.8, 4) is 11.1 Å².